The molecule has 0 bridgehead atoms. The van der Waals surface area contributed by atoms with Gasteiger partial charge in [0, 0.05) is 37.4 Å². The lowest BCUT2D eigenvalue weighted by molar-refractivity contribution is 0.190. The molecule has 1 N–H and O–H groups in total. The van der Waals surface area contributed by atoms with E-state index in [4.69, 9.17) is 0 Å². The van der Waals surface area contributed by atoms with Gasteiger partial charge in [0.25, 0.3) is 5.56 Å². The second-order valence-electron chi connectivity index (χ2n) is 11.4. The number of hydrogen-bond acceptors (Lipinski definition) is 6. The van der Waals surface area contributed by atoms with Crippen LogP contribution in [0.25, 0.3) is 10.9 Å². The summed E-state index contributed by atoms with van der Waals surface area (Å²) in [5.74, 6) is 0.696. The monoisotopic (exact) mass is 499 g/mol. The second-order valence-corrected chi connectivity index (χ2v) is 11.4. The van der Waals surface area contributed by atoms with Crippen molar-refractivity contribution in [1.29, 1.82) is 0 Å². The number of aryl methyl sites for hydroxylation is 4. The third kappa shape index (κ3) is 4.78. The van der Waals surface area contributed by atoms with Crippen molar-refractivity contribution >= 4 is 16.6 Å². The van der Waals surface area contributed by atoms with Crippen LogP contribution in [0.1, 0.15) is 60.5 Å². The van der Waals surface area contributed by atoms with E-state index < -0.39 is 0 Å². The molecule has 0 amide bonds. The Balaban J connectivity index is 1.58. The van der Waals surface area contributed by atoms with E-state index in [1.165, 1.54) is 22.4 Å². The number of benzene rings is 2. The van der Waals surface area contributed by atoms with Gasteiger partial charge in [-0.25, -0.2) is 4.68 Å². The number of anilines is 1. The van der Waals surface area contributed by atoms with E-state index in [0.29, 0.717) is 11.4 Å². The summed E-state index contributed by atoms with van der Waals surface area (Å²) in [4.78, 5) is 21.6. The van der Waals surface area contributed by atoms with Gasteiger partial charge in [-0.3, -0.25) is 9.69 Å². The second kappa shape index (κ2) is 9.41. The number of piperazine rings is 1. The van der Waals surface area contributed by atoms with Gasteiger partial charge in [0.2, 0.25) is 0 Å². The van der Waals surface area contributed by atoms with E-state index >= 15 is 0 Å². The minimum atomic E-state index is -0.357. The smallest absolute Gasteiger partial charge is 0.253 e. The minimum Gasteiger partial charge on any atom is -0.369 e. The van der Waals surface area contributed by atoms with Crippen LogP contribution in [0.4, 0.5) is 5.69 Å². The van der Waals surface area contributed by atoms with Crippen LogP contribution in [0.2, 0.25) is 0 Å². The van der Waals surface area contributed by atoms with Gasteiger partial charge in [0.15, 0.2) is 5.82 Å². The molecule has 3 heterocycles. The maximum absolute atomic E-state index is 13.6. The summed E-state index contributed by atoms with van der Waals surface area (Å²) in [5.41, 5.74) is 7.20. The van der Waals surface area contributed by atoms with Gasteiger partial charge >= 0.3 is 0 Å². The average molecular weight is 500 g/mol. The van der Waals surface area contributed by atoms with E-state index in [2.05, 4.69) is 102 Å². The van der Waals surface area contributed by atoms with Crippen LogP contribution in [0, 0.1) is 27.7 Å². The van der Waals surface area contributed by atoms with Crippen LogP contribution in [0.5, 0.6) is 0 Å². The molecule has 1 aliphatic rings. The summed E-state index contributed by atoms with van der Waals surface area (Å²) < 4.78 is 1.86. The zero-order chi connectivity index (χ0) is 26.5. The van der Waals surface area contributed by atoms with Crippen LogP contribution < -0.4 is 10.5 Å². The lowest BCUT2D eigenvalue weighted by Crippen LogP contribution is -2.49. The number of nitrogens with zero attached hydrogens (tertiary/aromatic N) is 6. The van der Waals surface area contributed by atoms with Crippen LogP contribution in [-0.4, -0.2) is 56.3 Å². The third-order valence-electron chi connectivity index (χ3n) is 7.38. The van der Waals surface area contributed by atoms with Crippen molar-refractivity contribution in [2.24, 2.45) is 0 Å². The summed E-state index contributed by atoms with van der Waals surface area (Å²) in [6, 6.07) is 12.5. The van der Waals surface area contributed by atoms with Crippen molar-refractivity contribution < 1.29 is 0 Å². The van der Waals surface area contributed by atoms with E-state index in [1.54, 1.807) is 0 Å². The SMILES string of the molecule is Cc1ccc(C)c(N2CCN(C(c3cc4cc(C)cc(C)c4[nH]c3=O)c3nnnn3C(C)(C)C)CC2)c1. The van der Waals surface area contributed by atoms with Crippen molar-refractivity contribution in [3.8, 4) is 0 Å². The Bertz CT molecular complexity index is 1500. The van der Waals surface area contributed by atoms with Gasteiger partial charge in [-0.2, -0.15) is 0 Å². The zero-order valence-electron chi connectivity index (χ0n) is 23.0. The molecule has 0 saturated carbocycles. The molecule has 1 saturated heterocycles. The highest BCUT2D eigenvalue weighted by Gasteiger charge is 2.35. The van der Waals surface area contributed by atoms with Gasteiger partial charge in [-0.15, -0.1) is 5.10 Å². The summed E-state index contributed by atoms with van der Waals surface area (Å²) in [5, 5.41) is 13.9. The number of fused-ring (bicyclic) bond motifs is 1. The number of hydrogen-bond donors (Lipinski definition) is 1. The number of pyridine rings is 1. The Hall–Kier alpha value is -3.52. The highest BCUT2D eigenvalue weighted by Crippen LogP contribution is 2.32. The van der Waals surface area contributed by atoms with Crippen molar-refractivity contribution in [3.63, 3.8) is 0 Å². The predicted molar refractivity (Wildman–Crippen MR) is 148 cm³/mol. The molecule has 2 aromatic heterocycles. The number of tetrazole rings is 1. The fourth-order valence-electron chi connectivity index (χ4n) is 5.53. The molecule has 37 heavy (non-hydrogen) atoms. The van der Waals surface area contributed by atoms with Gasteiger partial charge in [-0.05, 0) is 99.2 Å². The first-order valence-electron chi connectivity index (χ1n) is 13.0. The topological polar surface area (TPSA) is 82.9 Å². The van der Waals surface area contributed by atoms with Gasteiger partial charge in [0.05, 0.1) is 11.1 Å². The van der Waals surface area contributed by atoms with E-state index in [1.807, 2.05) is 17.7 Å². The number of aromatic nitrogens is 5. The Kier molecular flexibility index (Phi) is 6.40. The molecule has 2 aromatic carbocycles. The molecule has 1 unspecified atom stereocenters. The van der Waals surface area contributed by atoms with Crippen LogP contribution >= 0.6 is 0 Å². The standard InChI is InChI=1S/C29H37N7O/c1-18-8-9-20(3)24(16-18)34-10-12-35(13-11-34)26(27-31-32-33-36(27)29(5,6)7)23-17-22-15-19(2)14-21(4)25(22)30-28(23)37/h8-9,14-17,26H,10-13H2,1-7H3,(H,30,37). The summed E-state index contributed by atoms with van der Waals surface area (Å²) in [6.45, 7) is 18.0. The van der Waals surface area contributed by atoms with E-state index in [-0.39, 0.29) is 17.1 Å². The van der Waals surface area contributed by atoms with Crippen molar-refractivity contribution in [2.45, 2.75) is 60.0 Å². The Morgan fingerprint density at radius 1 is 0.892 bits per heavy atom. The number of aromatic amines is 1. The number of rotatable bonds is 4. The first-order chi connectivity index (χ1) is 17.5. The molecule has 0 aliphatic carbocycles. The fraction of sp³-hybridized carbons (Fsp3) is 0.448. The molecule has 4 aromatic rings. The normalized spacial score (nSPS) is 15.9. The van der Waals surface area contributed by atoms with Gasteiger partial charge < -0.3 is 9.88 Å². The third-order valence-corrected chi connectivity index (χ3v) is 7.38. The molecule has 8 heteroatoms. The number of nitrogens with one attached hydrogen (secondary N) is 1. The van der Waals surface area contributed by atoms with Crippen LogP contribution in [0.3, 0.4) is 0 Å². The molecule has 1 atom stereocenters. The van der Waals surface area contributed by atoms with Crippen molar-refractivity contribution in [3.05, 3.63) is 80.4 Å². The van der Waals surface area contributed by atoms with Gasteiger partial charge in [-0.1, -0.05) is 23.8 Å². The van der Waals surface area contributed by atoms with E-state index in [9.17, 15) is 4.79 Å². The van der Waals surface area contributed by atoms with Gasteiger partial charge in [0.1, 0.15) is 6.04 Å². The Morgan fingerprint density at radius 2 is 1.62 bits per heavy atom. The molecule has 1 fully saturated rings. The first-order valence-corrected chi connectivity index (χ1v) is 13.0. The highest BCUT2D eigenvalue weighted by molar-refractivity contribution is 5.83. The first kappa shape index (κ1) is 25.1. The molecule has 8 nitrogen and oxygen atoms in total. The minimum absolute atomic E-state index is 0.0927. The van der Waals surface area contributed by atoms with Crippen LogP contribution in [-0.2, 0) is 5.54 Å². The summed E-state index contributed by atoms with van der Waals surface area (Å²) in [6.07, 6.45) is 0. The quantitative estimate of drug-likeness (QED) is 0.448. The van der Waals surface area contributed by atoms with E-state index in [0.717, 1.165) is 42.6 Å². The summed E-state index contributed by atoms with van der Waals surface area (Å²) in [7, 11) is 0. The molecule has 5 rings (SSSR count). The summed E-state index contributed by atoms with van der Waals surface area (Å²) >= 11 is 0. The maximum atomic E-state index is 13.6. The molecule has 0 radical (unpaired) electrons. The Morgan fingerprint density at radius 3 is 2.32 bits per heavy atom. The predicted octanol–water partition coefficient (Wildman–Crippen LogP) is 4.41. The highest BCUT2D eigenvalue weighted by atomic mass is 16.1. The lowest BCUT2D eigenvalue weighted by Gasteiger charge is -2.40. The zero-order valence-corrected chi connectivity index (χ0v) is 23.0. The Labute approximate surface area is 218 Å². The van der Waals surface area contributed by atoms with Crippen molar-refractivity contribution in [1.82, 2.24) is 30.1 Å². The number of H-pyrrole nitrogens is 1. The largest absolute Gasteiger partial charge is 0.369 e. The molecular formula is C29H37N7O. The molecular weight excluding hydrogens is 462 g/mol. The van der Waals surface area contributed by atoms with Crippen LogP contribution in [0.15, 0.2) is 41.2 Å². The van der Waals surface area contributed by atoms with Crippen molar-refractivity contribution in [2.75, 3.05) is 31.1 Å². The lowest BCUT2D eigenvalue weighted by atomic mass is 9.99. The molecule has 0 spiro atoms. The maximum Gasteiger partial charge on any atom is 0.253 e. The fourth-order valence-corrected chi connectivity index (χ4v) is 5.53. The average Bonchev–Trinajstić information content (AvgIpc) is 3.32. The molecule has 194 valence electrons. The molecule has 1 aliphatic heterocycles.